The van der Waals surface area contributed by atoms with Gasteiger partial charge in [-0.05, 0) is 36.1 Å². The van der Waals surface area contributed by atoms with Crippen LogP contribution in [0.3, 0.4) is 0 Å². The molecule has 3 rings (SSSR count). The van der Waals surface area contributed by atoms with Crippen molar-refractivity contribution in [3.63, 3.8) is 0 Å². The monoisotopic (exact) mass is 325 g/mol. The van der Waals surface area contributed by atoms with E-state index in [-0.39, 0.29) is 23.8 Å². The normalized spacial score (nSPS) is 14.0. The van der Waals surface area contributed by atoms with Crippen LogP contribution in [0.2, 0.25) is 0 Å². The number of nitro groups is 1. The quantitative estimate of drug-likeness (QED) is 0.693. The summed E-state index contributed by atoms with van der Waals surface area (Å²) in [5, 5.41) is 13.8. The van der Waals surface area contributed by atoms with Crippen LogP contribution in [0.5, 0.6) is 0 Å². The molecule has 0 spiro atoms. The van der Waals surface area contributed by atoms with Gasteiger partial charge in [-0.2, -0.15) is 0 Å². The molecule has 6 heteroatoms. The van der Waals surface area contributed by atoms with Gasteiger partial charge in [0, 0.05) is 19.2 Å². The lowest BCUT2D eigenvalue weighted by Crippen LogP contribution is -2.37. The predicted molar refractivity (Wildman–Crippen MR) is 91.9 cm³/mol. The number of aryl methyl sites for hydroxylation is 1. The third-order valence-corrected chi connectivity index (χ3v) is 4.20. The maximum Gasteiger partial charge on any atom is 0.293 e. The van der Waals surface area contributed by atoms with Gasteiger partial charge >= 0.3 is 0 Å². The van der Waals surface area contributed by atoms with Crippen LogP contribution < -0.4 is 5.32 Å². The predicted octanol–water partition coefficient (Wildman–Crippen LogP) is 2.90. The fourth-order valence-corrected chi connectivity index (χ4v) is 2.98. The van der Waals surface area contributed by atoms with E-state index in [0.29, 0.717) is 0 Å². The Hall–Kier alpha value is -2.73. The van der Waals surface area contributed by atoms with E-state index in [0.717, 1.165) is 25.1 Å². The molecule has 1 aliphatic rings. The van der Waals surface area contributed by atoms with Crippen LogP contribution in [0, 0.1) is 17.0 Å². The molecule has 2 aromatic carbocycles. The second-order valence-electron chi connectivity index (χ2n) is 6.06. The fraction of sp³-hybridized carbons (Fsp3) is 0.278. The molecule has 0 atom stereocenters. The minimum atomic E-state index is -0.472. The van der Waals surface area contributed by atoms with Crippen molar-refractivity contribution in [2.45, 2.75) is 19.9 Å². The number of amides is 1. The van der Waals surface area contributed by atoms with Gasteiger partial charge in [-0.3, -0.25) is 19.8 Å². The van der Waals surface area contributed by atoms with Gasteiger partial charge in [-0.15, -0.1) is 0 Å². The molecule has 1 heterocycles. The maximum atomic E-state index is 12.3. The van der Waals surface area contributed by atoms with Crippen molar-refractivity contribution < 1.29 is 9.72 Å². The zero-order valence-electron chi connectivity index (χ0n) is 13.5. The van der Waals surface area contributed by atoms with Crippen LogP contribution in [0.25, 0.3) is 0 Å². The molecule has 0 aromatic heterocycles. The number of anilines is 1. The minimum Gasteiger partial charge on any atom is -0.319 e. The van der Waals surface area contributed by atoms with Crippen molar-refractivity contribution in [3.05, 3.63) is 69.3 Å². The van der Waals surface area contributed by atoms with Gasteiger partial charge in [-0.25, -0.2) is 0 Å². The van der Waals surface area contributed by atoms with Crippen LogP contribution in [0.4, 0.5) is 11.4 Å². The van der Waals surface area contributed by atoms with Gasteiger partial charge in [0.15, 0.2) is 0 Å². The van der Waals surface area contributed by atoms with Gasteiger partial charge in [-0.1, -0.05) is 30.3 Å². The zero-order valence-corrected chi connectivity index (χ0v) is 13.5. The number of nitrogens with one attached hydrogen (secondary N) is 1. The summed E-state index contributed by atoms with van der Waals surface area (Å²) in [4.78, 5) is 25.0. The Morgan fingerprint density at radius 2 is 2.00 bits per heavy atom. The van der Waals surface area contributed by atoms with E-state index in [1.54, 1.807) is 19.1 Å². The molecule has 2 aromatic rings. The van der Waals surface area contributed by atoms with E-state index in [1.165, 1.54) is 17.2 Å². The first kappa shape index (κ1) is 16.1. The van der Waals surface area contributed by atoms with Crippen molar-refractivity contribution >= 4 is 17.3 Å². The number of hydrogen-bond acceptors (Lipinski definition) is 4. The van der Waals surface area contributed by atoms with Crippen molar-refractivity contribution in [2.75, 3.05) is 18.4 Å². The number of carbonyl (C=O) groups excluding carboxylic acids is 1. The first-order valence-electron chi connectivity index (χ1n) is 7.87. The topological polar surface area (TPSA) is 75.5 Å². The number of nitro benzene ring substituents is 1. The lowest BCUT2D eigenvalue weighted by Gasteiger charge is -2.28. The van der Waals surface area contributed by atoms with Gasteiger partial charge in [0.05, 0.1) is 11.5 Å². The molecule has 0 bridgehead atoms. The lowest BCUT2D eigenvalue weighted by atomic mass is 10.00. The van der Waals surface area contributed by atoms with Crippen LogP contribution in [-0.2, 0) is 17.8 Å². The largest absolute Gasteiger partial charge is 0.319 e. The number of carbonyl (C=O) groups is 1. The zero-order chi connectivity index (χ0) is 17.1. The summed E-state index contributed by atoms with van der Waals surface area (Å²) >= 11 is 0. The van der Waals surface area contributed by atoms with Crippen molar-refractivity contribution in [1.82, 2.24) is 4.90 Å². The highest BCUT2D eigenvalue weighted by Gasteiger charge is 2.20. The molecule has 1 N–H and O–H groups in total. The van der Waals surface area contributed by atoms with Crippen LogP contribution in [0.15, 0.2) is 42.5 Å². The van der Waals surface area contributed by atoms with E-state index in [4.69, 9.17) is 0 Å². The summed E-state index contributed by atoms with van der Waals surface area (Å²) < 4.78 is 0. The molecule has 0 fully saturated rings. The summed E-state index contributed by atoms with van der Waals surface area (Å²) in [6, 6.07) is 13.0. The number of benzene rings is 2. The minimum absolute atomic E-state index is 0.0765. The molecule has 0 aliphatic carbocycles. The Morgan fingerprint density at radius 1 is 1.25 bits per heavy atom. The Morgan fingerprint density at radius 3 is 2.75 bits per heavy atom. The van der Waals surface area contributed by atoms with Crippen molar-refractivity contribution in [1.29, 1.82) is 0 Å². The smallest absolute Gasteiger partial charge is 0.293 e. The van der Waals surface area contributed by atoms with Gasteiger partial charge in [0.1, 0.15) is 5.69 Å². The fourth-order valence-electron chi connectivity index (χ4n) is 2.98. The summed E-state index contributed by atoms with van der Waals surface area (Å²) in [5.74, 6) is -0.235. The number of nitrogens with zero attached hydrogens (tertiary/aromatic N) is 2. The Kier molecular flexibility index (Phi) is 4.57. The van der Waals surface area contributed by atoms with Gasteiger partial charge < -0.3 is 5.32 Å². The molecule has 1 aliphatic heterocycles. The first-order chi connectivity index (χ1) is 11.5. The van der Waals surface area contributed by atoms with Crippen LogP contribution >= 0.6 is 0 Å². The van der Waals surface area contributed by atoms with Crippen LogP contribution in [0.1, 0.15) is 16.7 Å². The molecule has 1 amide bonds. The van der Waals surface area contributed by atoms with Crippen molar-refractivity contribution in [3.8, 4) is 0 Å². The summed E-state index contributed by atoms with van der Waals surface area (Å²) in [5.41, 5.74) is 3.51. The second kappa shape index (κ2) is 6.80. The number of fused-ring (bicyclic) bond motifs is 1. The van der Waals surface area contributed by atoms with E-state index < -0.39 is 4.92 Å². The molecule has 0 saturated heterocycles. The molecule has 24 heavy (non-hydrogen) atoms. The van der Waals surface area contributed by atoms with E-state index in [1.807, 2.05) is 12.1 Å². The number of hydrogen-bond donors (Lipinski definition) is 1. The standard InChI is InChI=1S/C18H19N3O3/c1-13-6-7-16(17(10-13)21(23)24)19-18(22)12-20-9-8-14-4-2-3-5-15(14)11-20/h2-7,10H,8-9,11-12H2,1H3,(H,19,22). The summed E-state index contributed by atoms with van der Waals surface area (Å²) in [7, 11) is 0. The average molecular weight is 325 g/mol. The Bertz CT molecular complexity index is 789. The highest BCUT2D eigenvalue weighted by atomic mass is 16.6. The third-order valence-electron chi connectivity index (χ3n) is 4.20. The molecular formula is C18H19N3O3. The van der Waals surface area contributed by atoms with E-state index >= 15 is 0 Å². The SMILES string of the molecule is Cc1ccc(NC(=O)CN2CCc3ccccc3C2)c([N+](=O)[O-])c1. The summed E-state index contributed by atoms with van der Waals surface area (Å²) in [6.07, 6.45) is 0.911. The highest BCUT2D eigenvalue weighted by molar-refractivity contribution is 5.94. The molecule has 6 nitrogen and oxygen atoms in total. The van der Waals surface area contributed by atoms with Gasteiger partial charge in [0.25, 0.3) is 5.69 Å². The van der Waals surface area contributed by atoms with E-state index in [9.17, 15) is 14.9 Å². The Labute approximate surface area is 140 Å². The average Bonchev–Trinajstić information content (AvgIpc) is 2.56. The highest BCUT2D eigenvalue weighted by Crippen LogP contribution is 2.25. The molecular weight excluding hydrogens is 306 g/mol. The third kappa shape index (κ3) is 3.60. The lowest BCUT2D eigenvalue weighted by molar-refractivity contribution is -0.384. The summed E-state index contributed by atoms with van der Waals surface area (Å²) in [6.45, 7) is 3.53. The number of rotatable bonds is 4. The van der Waals surface area contributed by atoms with Crippen molar-refractivity contribution in [2.24, 2.45) is 0 Å². The van der Waals surface area contributed by atoms with Crippen LogP contribution in [-0.4, -0.2) is 28.8 Å². The molecule has 124 valence electrons. The second-order valence-corrected chi connectivity index (χ2v) is 6.06. The first-order valence-corrected chi connectivity index (χ1v) is 7.87. The maximum absolute atomic E-state index is 12.3. The van der Waals surface area contributed by atoms with Gasteiger partial charge in [0.2, 0.25) is 5.91 Å². The molecule has 0 saturated carbocycles. The molecule has 0 radical (unpaired) electrons. The molecule has 0 unspecified atom stereocenters. The Balaban J connectivity index is 1.66. The van der Waals surface area contributed by atoms with E-state index in [2.05, 4.69) is 22.3 Å².